The number of halogens is 4. The highest BCUT2D eigenvalue weighted by Crippen LogP contribution is 2.72. The smallest absolute Gasteiger partial charge is 0.426 e. The number of carbonyl (C=O) groups is 1. The van der Waals surface area contributed by atoms with Gasteiger partial charge in [-0.2, -0.15) is 13.2 Å². The molecule has 2 atom stereocenters. The summed E-state index contributed by atoms with van der Waals surface area (Å²) in [5.41, 5.74) is -2.38. The van der Waals surface area contributed by atoms with Crippen LogP contribution in [-0.2, 0) is 4.79 Å². The molecule has 1 aliphatic rings. The van der Waals surface area contributed by atoms with Crippen LogP contribution in [0.1, 0.15) is 31.8 Å². The molecule has 0 unspecified atom stereocenters. The second-order valence-electron chi connectivity index (χ2n) is 6.28. The van der Waals surface area contributed by atoms with Crippen molar-refractivity contribution in [2.75, 3.05) is 0 Å². The number of alkyl halides is 3. The van der Waals surface area contributed by atoms with Crippen molar-refractivity contribution in [2.24, 2.45) is 16.7 Å². The largest absolute Gasteiger partial charge is 0.481 e. The van der Waals surface area contributed by atoms with E-state index in [1.165, 1.54) is 12.1 Å². The molecule has 0 bridgehead atoms. The number of terminal acetylenes is 1. The van der Waals surface area contributed by atoms with E-state index in [1.54, 1.807) is 13.8 Å². The third-order valence-corrected chi connectivity index (χ3v) is 5.01. The number of allylic oxidation sites excluding steroid dienone is 2. The first-order valence-electron chi connectivity index (χ1n) is 7.20. The van der Waals surface area contributed by atoms with Crippen LogP contribution in [0.5, 0.6) is 0 Å². The molecule has 3 nitrogen and oxygen atoms in total. The minimum atomic E-state index is -4.71. The van der Waals surface area contributed by atoms with Crippen molar-refractivity contribution in [1.29, 1.82) is 0 Å². The summed E-state index contributed by atoms with van der Waals surface area (Å²) in [6.07, 6.45) is 1.07. The van der Waals surface area contributed by atoms with E-state index in [-0.39, 0.29) is 17.9 Å². The Morgan fingerprint density at radius 3 is 2.52 bits per heavy atom. The monoisotopic (exact) mass is 370 g/mol. The lowest BCUT2D eigenvalue weighted by atomic mass is 9.92. The summed E-state index contributed by atoms with van der Waals surface area (Å²) in [5, 5.41) is 8.27. The number of hydrogen-bond donors (Lipinski definition) is 1. The zero-order valence-electron chi connectivity index (χ0n) is 13.4. The topological polar surface area (TPSA) is 50.4 Å². The van der Waals surface area contributed by atoms with Crippen LogP contribution in [-0.4, -0.2) is 17.3 Å². The molecule has 0 aromatic carbocycles. The molecular weight excluding hydrogens is 357 g/mol. The number of furan rings is 1. The molecule has 2 rings (SSSR count). The Morgan fingerprint density at radius 1 is 1.44 bits per heavy atom. The lowest BCUT2D eigenvalue weighted by molar-refractivity contribution is -0.144. The van der Waals surface area contributed by atoms with Crippen molar-refractivity contribution in [2.45, 2.75) is 26.4 Å². The van der Waals surface area contributed by atoms with E-state index >= 15 is 0 Å². The minimum absolute atomic E-state index is 0.148. The number of hydrogen-bond acceptors (Lipinski definition) is 2. The molecule has 0 radical (unpaired) electrons. The van der Waals surface area contributed by atoms with Gasteiger partial charge < -0.3 is 9.52 Å². The second-order valence-corrected chi connectivity index (χ2v) is 6.68. The molecular formula is C18H14ClF3O3. The van der Waals surface area contributed by atoms with Crippen LogP contribution in [0.2, 0.25) is 0 Å². The predicted molar refractivity (Wildman–Crippen MR) is 85.5 cm³/mol. The van der Waals surface area contributed by atoms with E-state index in [2.05, 4.69) is 17.8 Å². The number of carboxylic acid groups (broad SMARTS) is 1. The Bertz CT molecular complexity index is 830. The van der Waals surface area contributed by atoms with Crippen LogP contribution in [0.3, 0.4) is 0 Å². The van der Waals surface area contributed by atoms with Gasteiger partial charge in [-0.05, 0) is 29.4 Å². The normalized spacial score (nSPS) is 24.8. The first-order chi connectivity index (χ1) is 11.5. The molecule has 1 aromatic rings. The lowest BCUT2D eigenvalue weighted by Gasteiger charge is -2.11. The summed E-state index contributed by atoms with van der Waals surface area (Å²) in [6, 6.07) is 3.07. The van der Waals surface area contributed by atoms with Crippen molar-refractivity contribution >= 4 is 17.6 Å². The molecule has 0 amide bonds. The highest BCUT2D eigenvalue weighted by atomic mass is 35.5. The molecule has 0 saturated heterocycles. The molecule has 0 aliphatic heterocycles. The molecule has 1 aromatic heterocycles. The first kappa shape index (κ1) is 19.0. The fraction of sp³-hybridized carbons (Fsp3) is 0.389. The van der Waals surface area contributed by atoms with E-state index in [9.17, 15) is 23.1 Å². The molecule has 0 spiro atoms. The highest BCUT2D eigenvalue weighted by molar-refractivity contribution is 6.30. The average Bonchev–Trinajstić information content (AvgIpc) is 2.84. The Kier molecular flexibility index (Phi) is 4.72. The molecule has 1 N–H and O–H groups in total. The number of carboxylic acids is 1. The zero-order valence-corrected chi connectivity index (χ0v) is 14.1. The van der Waals surface area contributed by atoms with Crippen molar-refractivity contribution in [3.63, 3.8) is 0 Å². The molecule has 1 fully saturated rings. The van der Waals surface area contributed by atoms with Gasteiger partial charge in [-0.15, -0.1) is 6.42 Å². The van der Waals surface area contributed by atoms with E-state index in [0.29, 0.717) is 0 Å². The summed E-state index contributed by atoms with van der Waals surface area (Å²) in [5.74, 6) is 6.02. The molecule has 1 aliphatic carbocycles. The predicted octanol–water partition coefficient (Wildman–Crippen LogP) is 4.41. The number of aliphatic carboxylic acids is 1. The van der Waals surface area contributed by atoms with E-state index < -0.39 is 33.9 Å². The van der Waals surface area contributed by atoms with Crippen molar-refractivity contribution in [3.05, 3.63) is 34.8 Å². The van der Waals surface area contributed by atoms with Gasteiger partial charge in [0.2, 0.25) is 0 Å². The van der Waals surface area contributed by atoms with Gasteiger partial charge in [0.05, 0.1) is 5.41 Å². The lowest BCUT2D eigenvalue weighted by Crippen LogP contribution is -2.21. The van der Waals surface area contributed by atoms with Crippen LogP contribution < -0.4 is 0 Å². The van der Waals surface area contributed by atoms with Gasteiger partial charge in [0, 0.05) is 12.3 Å². The number of rotatable bonds is 3. The maximum atomic E-state index is 12.6. The summed E-state index contributed by atoms with van der Waals surface area (Å²) in [7, 11) is 0. The summed E-state index contributed by atoms with van der Waals surface area (Å²) in [4.78, 5) is 11.8. The fourth-order valence-corrected chi connectivity index (χ4v) is 3.19. The second kappa shape index (κ2) is 6.20. The van der Waals surface area contributed by atoms with Gasteiger partial charge >= 0.3 is 12.1 Å². The third-order valence-electron chi connectivity index (χ3n) is 4.67. The van der Waals surface area contributed by atoms with Gasteiger partial charge in [0.1, 0.15) is 5.03 Å². The van der Waals surface area contributed by atoms with Gasteiger partial charge in [-0.25, -0.2) is 0 Å². The van der Waals surface area contributed by atoms with Crippen LogP contribution in [0, 0.1) is 40.9 Å². The molecule has 25 heavy (non-hydrogen) atoms. The Balaban J connectivity index is 2.29. The van der Waals surface area contributed by atoms with Gasteiger partial charge in [-0.1, -0.05) is 37.4 Å². The third kappa shape index (κ3) is 3.27. The average molecular weight is 371 g/mol. The van der Waals surface area contributed by atoms with Crippen LogP contribution in [0.4, 0.5) is 13.2 Å². The molecule has 132 valence electrons. The first-order valence-corrected chi connectivity index (χ1v) is 7.58. The maximum Gasteiger partial charge on any atom is 0.426 e. The van der Waals surface area contributed by atoms with E-state index in [4.69, 9.17) is 22.4 Å². The Hall–Kier alpha value is -2.31. The highest BCUT2D eigenvalue weighted by Gasteiger charge is 2.74. The molecule has 7 heteroatoms. The van der Waals surface area contributed by atoms with E-state index in [0.717, 1.165) is 6.08 Å². The zero-order chi connectivity index (χ0) is 19.0. The van der Waals surface area contributed by atoms with Gasteiger partial charge in [-0.3, -0.25) is 4.79 Å². The van der Waals surface area contributed by atoms with E-state index in [1.807, 2.05) is 0 Å². The van der Waals surface area contributed by atoms with Crippen molar-refractivity contribution < 1.29 is 27.5 Å². The summed E-state index contributed by atoms with van der Waals surface area (Å²) >= 11 is 5.27. The Labute approximate surface area is 147 Å². The fourth-order valence-electron chi connectivity index (χ4n) is 3.06. The molecule has 1 heterocycles. The van der Waals surface area contributed by atoms with Gasteiger partial charge in [0.25, 0.3) is 0 Å². The van der Waals surface area contributed by atoms with Crippen LogP contribution >= 0.6 is 11.6 Å². The Morgan fingerprint density at radius 2 is 2.04 bits per heavy atom. The summed E-state index contributed by atoms with van der Waals surface area (Å²) < 4.78 is 43.1. The van der Waals surface area contributed by atoms with Crippen molar-refractivity contribution in [3.8, 4) is 24.2 Å². The quantitative estimate of drug-likeness (QED) is 0.801. The summed E-state index contributed by atoms with van der Waals surface area (Å²) in [6.45, 7) is 3.15. The minimum Gasteiger partial charge on any atom is -0.481 e. The SMILES string of the molecule is C#Cc1ccc(C#CC[C@@]2(C(=O)O)[C@H](C=C(Cl)C(F)(F)F)C2(C)C)o1. The van der Waals surface area contributed by atoms with Crippen molar-refractivity contribution in [1.82, 2.24) is 0 Å². The standard InChI is InChI=1S/C18H14ClF3O3/c1-4-11-7-8-12(25-11)6-5-9-17(15(23)24)13(16(17,2)3)10-14(19)18(20,21)22/h1,7-8,10,13H,9H2,2-3H3,(H,23,24)/t13-,17+/m1/s1. The molecule has 1 saturated carbocycles. The van der Waals surface area contributed by atoms with Crippen LogP contribution in [0.25, 0.3) is 0 Å². The van der Waals surface area contributed by atoms with Gasteiger partial charge in [0.15, 0.2) is 11.5 Å². The maximum absolute atomic E-state index is 12.6. The van der Waals surface area contributed by atoms with Crippen LogP contribution in [0.15, 0.2) is 27.7 Å².